The maximum Gasteiger partial charge on any atom is 0.331 e. The van der Waals surface area contributed by atoms with Gasteiger partial charge in [-0.25, -0.2) is 4.79 Å². The van der Waals surface area contributed by atoms with E-state index in [1.165, 1.54) is 32.7 Å². The van der Waals surface area contributed by atoms with Gasteiger partial charge in [-0.1, -0.05) is 11.6 Å². The Labute approximate surface area is 122 Å². The Morgan fingerprint density at radius 1 is 1.35 bits per heavy atom. The van der Waals surface area contributed by atoms with Crippen LogP contribution in [0, 0.1) is 0 Å². The second-order valence-corrected chi connectivity index (χ2v) is 5.90. The summed E-state index contributed by atoms with van der Waals surface area (Å²) in [6, 6.07) is 4.95. The van der Waals surface area contributed by atoms with Crippen LogP contribution in [0.15, 0.2) is 40.2 Å². The van der Waals surface area contributed by atoms with E-state index >= 15 is 0 Å². The molecule has 0 unspecified atom stereocenters. The van der Waals surface area contributed by atoms with Gasteiger partial charge in [0.1, 0.15) is 0 Å². The Morgan fingerprint density at radius 2 is 2.15 bits per heavy atom. The van der Waals surface area contributed by atoms with Crippen LogP contribution in [0.3, 0.4) is 0 Å². The molecular weight excluding hydrogens is 298 g/mol. The molecule has 0 saturated heterocycles. The van der Waals surface area contributed by atoms with Crippen molar-refractivity contribution in [1.29, 1.82) is 0 Å². The third kappa shape index (κ3) is 2.17. The standard InChI is InChI=1S/C13H10ClN3O2S/c1-16-5-3-11(18)17(13(16)19)7-8-6-10-12(20-8)9(14)2-4-15-10/h2-6H,7H2,1H3. The fraction of sp³-hybridized carbons (Fsp3) is 0.154. The van der Waals surface area contributed by atoms with Gasteiger partial charge < -0.3 is 4.57 Å². The highest BCUT2D eigenvalue weighted by Crippen LogP contribution is 2.30. The third-order valence-corrected chi connectivity index (χ3v) is 4.54. The lowest BCUT2D eigenvalue weighted by Crippen LogP contribution is -2.37. The number of rotatable bonds is 2. The molecule has 5 nitrogen and oxygen atoms in total. The molecule has 0 aliphatic carbocycles. The van der Waals surface area contributed by atoms with Crippen LogP contribution in [0.5, 0.6) is 0 Å². The largest absolute Gasteiger partial charge is 0.331 e. The molecule has 0 aliphatic heterocycles. The number of fused-ring (bicyclic) bond motifs is 1. The number of hydrogen-bond acceptors (Lipinski definition) is 4. The number of aromatic nitrogens is 3. The Hall–Kier alpha value is -1.92. The number of nitrogens with zero attached hydrogens (tertiary/aromatic N) is 3. The van der Waals surface area contributed by atoms with E-state index in [9.17, 15) is 9.59 Å². The number of aryl methyl sites for hydroxylation is 1. The molecule has 0 saturated carbocycles. The summed E-state index contributed by atoms with van der Waals surface area (Å²) >= 11 is 7.54. The van der Waals surface area contributed by atoms with Crippen molar-refractivity contribution in [2.24, 2.45) is 7.05 Å². The SMILES string of the molecule is Cn1ccc(=O)n(Cc2cc3nccc(Cl)c3s2)c1=O. The Bertz CT molecular complexity index is 910. The maximum atomic E-state index is 12.0. The zero-order chi connectivity index (χ0) is 14.3. The van der Waals surface area contributed by atoms with Crippen molar-refractivity contribution in [3.8, 4) is 0 Å². The molecule has 0 aromatic carbocycles. The normalized spacial score (nSPS) is 11.1. The van der Waals surface area contributed by atoms with Crippen LogP contribution in [-0.2, 0) is 13.6 Å². The van der Waals surface area contributed by atoms with Gasteiger partial charge in [0.15, 0.2) is 0 Å². The summed E-state index contributed by atoms with van der Waals surface area (Å²) in [7, 11) is 1.61. The summed E-state index contributed by atoms with van der Waals surface area (Å²) in [5, 5.41) is 0.625. The molecule has 0 N–H and O–H groups in total. The quantitative estimate of drug-likeness (QED) is 0.726. The molecule has 3 aromatic rings. The molecule has 0 aliphatic rings. The zero-order valence-corrected chi connectivity index (χ0v) is 12.1. The number of pyridine rings is 1. The molecule has 0 bridgehead atoms. The number of thiophene rings is 1. The van der Waals surface area contributed by atoms with Crippen LogP contribution in [0.4, 0.5) is 0 Å². The molecule has 0 amide bonds. The smallest absolute Gasteiger partial charge is 0.303 e. The van der Waals surface area contributed by atoms with E-state index in [2.05, 4.69) is 4.98 Å². The van der Waals surface area contributed by atoms with E-state index in [1.807, 2.05) is 6.07 Å². The minimum atomic E-state index is -0.339. The first-order valence-electron chi connectivity index (χ1n) is 5.85. The molecule has 0 fully saturated rings. The highest BCUT2D eigenvalue weighted by molar-refractivity contribution is 7.19. The molecule has 3 rings (SSSR count). The van der Waals surface area contributed by atoms with Gasteiger partial charge in [-0.15, -0.1) is 11.3 Å². The average Bonchev–Trinajstić information content (AvgIpc) is 2.83. The lowest BCUT2D eigenvalue weighted by Gasteiger charge is -2.04. The number of halogens is 1. The Kier molecular flexibility index (Phi) is 3.19. The minimum absolute atomic E-state index is 0.226. The van der Waals surface area contributed by atoms with E-state index in [0.29, 0.717) is 5.02 Å². The predicted octanol–water partition coefficient (Wildman–Crippen LogP) is 1.86. The van der Waals surface area contributed by atoms with E-state index in [4.69, 9.17) is 11.6 Å². The van der Waals surface area contributed by atoms with Crippen molar-refractivity contribution in [3.63, 3.8) is 0 Å². The van der Waals surface area contributed by atoms with Crippen LogP contribution in [-0.4, -0.2) is 14.1 Å². The average molecular weight is 308 g/mol. The van der Waals surface area contributed by atoms with Gasteiger partial charge >= 0.3 is 5.69 Å². The predicted molar refractivity (Wildman–Crippen MR) is 79.7 cm³/mol. The summed E-state index contributed by atoms with van der Waals surface area (Å²) in [5.41, 5.74) is 0.122. The van der Waals surface area contributed by atoms with E-state index in [-0.39, 0.29) is 17.8 Å². The summed E-state index contributed by atoms with van der Waals surface area (Å²) in [6.45, 7) is 0.226. The van der Waals surface area contributed by atoms with Gasteiger partial charge in [-0.2, -0.15) is 0 Å². The first kappa shape index (κ1) is 13.1. The molecule has 0 atom stereocenters. The maximum absolute atomic E-state index is 12.0. The van der Waals surface area contributed by atoms with Gasteiger partial charge in [-0.3, -0.25) is 14.3 Å². The van der Waals surface area contributed by atoms with Gasteiger partial charge in [0.2, 0.25) is 0 Å². The second-order valence-electron chi connectivity index (χ2n) is 4.35. The number of hydrogen-bond donors (Lipinski definition) is 0. The fourth-order valence-corrected chi connectivity index (χ4v) is 3.23. The topological polar surface area (TPSA) is 56.9 Å². The van der Waals surface area contributed by atoms with Gasteiger partial charge in [0, 0.05) is 30.4 Å². The first-order chi connectivity index (χ1) is 9.56. The van der Waals surface area contributed by atoms with E-state index in [1.54, 1.807) is 19.3 Å². The van der Waals surface area contributed by atoms with E-state index < -0.39 is 0 Å². The van der Waals surface area contributed by atoms with Crippen molar-refractivity contribution in [2.45, 2.75) is 6.54 Å². The van der Waals surface area contributed by atoms with Crippen LogP contribution in [0.1, 0.15) is 4.88 Å². The Balaban J connectivity index is 2.11. The molecule has 0 radical (unpaired) electrons. The van der Waals surface area contributed by atoms with Gasteiger partial charge in [0.25, 0.3) is 5.56 Å². The van der Waals surface area contributed by atoms with Crippen LogP contribution in [0.25, 0.3) is 10.2 Å². The minimum Gasteiger partial charge on any atom is -0.303 e. The summed E-state index contributed by atoms with van der Waals surface area (Å²) in [4.78, 5) is 28.8. The summed E-state index contributed by atoms with van der Waals surface area (Å²) in [5.74, 6) is 0. The Morgan fingerprint density at radius 3 is 2.90 bits per heavy atom. The highest BCUT2D eigenvalue weighted by atomic mass is 35.5. The van der Waals surface area contributed by atoms with Crippen LogP contribution >= 0.6 is 22.9 Å². The summed E-state index contributed by atoms with van der Waals surface area (Å²) in [6.07, 6.45) is 3.10. The molecule has 3 heterocycles. The highest BCUT2D eigenvalue weighted by Gasteiger charge is 2.09. The zero-order valence-electron chi connectivity index (χ0n) is 10.5. The van der Waals surface area contributed by atoms with Crippen molar-refractivity contribution in [3.05, 3.63) is 61.3 Å². The third-order valence-electron chi connectivity index (χ3n) is 2.97. The monoisotopic (exact) mass is 307 g/mol. The van der Waals surface area contributed by atoms with Crippen LogP contribution < -0.4 is 11.2 Å². The van der Waals surface area contributed by atoms with Crippen molar-refractivity contribution in [1.82, 2.24) is 14.1 Å². The molecule has 0 spiro atoms. The molecule has 20 heavy (non-hydrogen) atoms. The molecule has 7 heteroatoms. The molecular formula is C13H10ClN3O2S. The molecule has 3 aromatic heterocycles. The van der Waals surface area contributed by atoms with Crippen molar-refractivity contribution < 1.29 is 0 Å². The van der Waals surface area contributed by atoms with Gasteiger partial charge in [-0.05, 0) is 12.1 Å². The first-order valence-corrected chi connectivity index (χ1v) is 7.05. The summed E-state index contributed by atoms with van der Waals surface area (Å²) < 4.78 is 3.43. The lowest BCUT2D eigenvalue weighted by molar-refractivity contribution is 0.644. The second kappa shape index (κ2) is 4.88. The van der Waals surface area contributed by atoms with Crippen molar-refractivity contribution >= 4 is 33.2 Å². The molecule has 102 valence electrons. The van der Waals surface area contributed by atoms with Crippen LogP contribution in [0.2, 0.25) is 5.02 Å². The van der Waals surface area contributed by atoms with Crippen molar-refractivity contribution in [2.75, 3.05) is 0 Å². The van der Waals surface area contributed by atoms with E-state index in [0.717, 1.165) is 15.1 Å². The fourth-order valence-electron chi connectivity index (χ4n) is 1.95. The lowest BCUT2D eigenvalue weighted by atomic mass is 10.3. The van der Waals surface area contributed by atoms with Gasteiger partial charge in [0.05, 0.1) is 21.8 Å².